The lowest BCUT2D eigenvalue weighted by molar-refractivity contribution is 0.0527. The van der Waals surface area contributed by atoms with Gasteiger partial charge < -0.3 is 13.9 Å². The van der Waals surface area contributed by atoms with Crippen LogP contribution in [0.15, 0.2) is 93.7 Å². The summed E-state index contributed by atoms with van der Waals surface area (Å²) in [6, 6.07) is 18.0. The van der Waals surface area contributed by atoms with E-state index < -0.39 is 0 Å². The van der Waals surface area contributed by atoms with Crippen molar-refractivity contribution >= 4 is 16.9 Å². The monoisotopic (exact) mass is 578 g/mol. The molecular weight excluding hydrogens is 536 g/mol. The normalized spacial score (nSPS) is 12.6. The van der Waals surface area contributed by atoms with Gasteiger partial charge in [-0.15, -0.1) is 0 Å². The molecule has 0 saturated heterocycles. The molecule has 1 heterocycles. The molecule has 0 saturated carbocycles. The van der Waals surface area contributed by atoms with Crippen molar-refractivity contribution in [2.45, 2.75) is 77.6 Å². The molecular formula is C38H42O5. The third-order valence-corrected chi connectivity index (χ3v) is 8.12. The molecule has 2 aromatic rings. The van der Waals surface area contributed by atoms with Crippen molar-refractivity contribution in [3.05, 3.63) is 100 Å². The molecule has 0 fully saturated rings. The van der Waals surface area contributed by atoms with Gasteiger partial charge in [-0.1, -0.05) is 86.9 Å². The highest BCUT2D eigenvalue weighted by atomic mass is 16.5. The van der Waals surface area contributed by atoms with E-state index in [4.69, 9.17) is 13.9 Å². The quantitative estimate of drug-likeness (QED) is 0.0752. The van der Waals surface area contributed by atoms with Crippen LogP contribution in [0, 0.1) is 0 Å². The molecule has 0 unspecified atom stereocenters. The Hall–Kier alpha value is -4.12. The first-order valence-corrected chi connectivity index (χ1v) is 15.9. The van der Waals surface area contributed by atoms with E-state index in [0.29, 0.717) is 23.5 Å². The molecule has 5 heteroatoms. The van der Waals surface area contributed by atoms with E-state index in [9.17, 15) is 9.59 Å². The Kier molecular flexibility index (Phi) is 10.9. The molecule has 0 spiro atoms. The van der Waals surface area contributed by atoms with Gasteiger partial charge in [0.25, 0.3) is 0 Å². The Morgan fingerprint density at radius 3 is 2.37 bits per heavy atom. The number of hydrogen-bond acceptors (Lipinski definition) is 5. The second-order valence-corrected chi connectivity index (χ2v) is 11.3. The minimum atomic E-state index is -0.383. The van der Waals surface area contributed by atoms with Crippen LogP contribution in [0.5, 0.6) is 5.75 Å². The molecule has 1 aliphatic heterocycles. The molecule has 43 heavy (non-hydrogen) atoms. The number of carbonyl (C=O) groups is 1. The van der Waals surface area contributed by atoms with E-state index in [1.165, 1.54) is 63.5 Å². The first-order chi connectivity index (χ1) is 21.1. The molecule has 224 valence electrons. The maximum atomic E-state index is 12.8. The van der Waals surface area contributed by atoms with Crippen LogP contribution in [0.2, 0.25) is 0 Å². The Morgan fingerprint density at radius 1 is 0.837 bits per heavy atom. The predicted molar refractivity (Wildman–Crippen MR) is 174 cm³/mol. The summed E-state index contributed by atoms with van der Waals surface area (Å²) in [5, 5.41) is 0.836. The van der Waals surface area contributed by atoms with Crippen LogP contribution < -0.4 is 10.2 Å². The van der Waals surface area contributed by atoms with Crippen molar-refractivity contribution < 1.29 is 18.7 Å². The highest BCUT2D eigenvalue weighted by molar-refractivity contribution is 6.07. The van der Waals surface area contributed by atoms with Crippen LogP contribution in [0.3, 0.4) is 0 Å². The van der Waals surface area contributed by atoms with Gasteiger partial charge in [-0.3, -0.25) is 4.79 Å². The number of unbranched alkanes of at least 4 members (excludes halogenated alkanes) is 8. The molecule has 0 bridgehead atoms. The summed E-state index contributed by atoms with van der Waals surface area (Å²) < 4.78 is 17.6. The van der Waals surface area contributed by atoms with E-state index in [1.807, 2.05) is 36.4 Å². The minimum absolute atomic E-state index is 0.136. The molecule has 3 aliphatic rings. The molecule has 5 nitrogen and oxygen atoms in total. The highest BCUT2D eigenvalue weighted by Gasteiger charge is 2.22. The van der Waals surface area contributed by atoms with Gasteiger partial charge in [0.1, 0.15) is 17.1 Å². The topological polar surface area (TPSA) is 65.7 Å². The second-order valence-electron chi connectivity index (χ2n) is 11.3. The number of hydrogen-bond donors (Lipinski definition) is 0. The lowest BCUT2D eigenvalue weighted by Gasteiger charge is -2.17. The summed E-state index contributed by atoms with van der Waals surface area (Å²) in [6.45, 7) is 2.73. The summed E-state index contributed by atoms with van der Waals surface area (Å²) in [7, 11) is 0. The van der Waals surface area contributed by atoms with Gasteiger partial charge in [-0.2, -0.15) is 0 Å². The van der Waals surface area contributed by atoms with Crippen LogP contribution in [0.1, 0.15) is 87.9 Å². The summed E-state index contributed by atoms with van der Waals surface area (Å²) in [6.07, 6.45) is 20.5. The number of allylic oxidation sites excluding steroid dienone is 4. The second kappa shape index (κ2) is 15.4. The van der Waals surface area contributed by atoms with Gasteiger partial charge in [0, 0.05) is 28.6 Å². The lowest BCUT2D eigenvalue weighted by atomic mass is 9.91. The number of esters is 1. The zero-order valence-corrected chi connectivity index (χ0v) is 25.2. The van der Waals surface area contributed by atoms with Crippen molar-refractivity contribution in [1.29, 1.82) is 0 Å². The van der Waals surface area contributed by atoms with Crippen molar-refractivity contribution in [2.24, 2.45) is 0 Å². The number of carbonyl (C=O) groups excluding carboxylic acids is 1. The maximum absolute atomic E-state index is 12.8. The summed E-state index contributed by atoms with van der Waals surface area (Å²) in [5.41, 5.74) is 4.85. The molecule has 0 amide bonds. The average Bonchev–Trinajstić information content (AvgIpc) is 3.54. The zero-order valence-electron chi connectivity index (χ0n) is 25.2. The van der Waals surface area contributed by atoms with Gasteiger partial charge in [-0.05, 0) is 68.5 Å². The van der Waals surface area contributed by atoms with Gasteiger partial charge in [0.05, 0.1) is 18.8 Å². The number of fused-ring (bicyclic) bond motifs is 2. The minimum Gasteiger partial charge on any atom is -0.493 e. The lowest BCUT2D eigenvalue weighted by Crippen LogP contribution is -2.07. The van der Waals surface area contributed by atoms with Crippen molar-refractivity contribution in [3.63, 3.8) is 0 Å². The smallest absolute Gasteiger partial charge is 0.338 e. The molecule has 2 aromatic carbocycles. The molecule has 2 aliphatic carbocycles. The van der Waals surface area contributed by atoms with Gasteiger partial charge in [-0.25, -0.2) is 4.79 Å². The van der Waals surface area contributed by atoms with Gasteiger partial charge in [0.2, 0.25) is 0 Å². The number of rotatable bonds is 16. The van der Waals surface area contributed by atoms with Crippen LogP contribution in [-0.4, -0.2) is 19.2 Å². The first kappa shape index (κ1) is 30.3. The Bertz CT molecular complexity index is 1610. The molecule has 0 aromatic heterocycles. The van der Waals surface area contributed by atoms with E-state index in [-0.39, 0.29) is 18.0 Å². The number of ether oxygens (including phenoxy) is 2. The van der Waals surface area contributed by atoms with Gasteiger partial charge >= 0.3 is 5.97 Å². The summed E-state index contributed by atoms with van der Waals surface area (Å²) in [5.74, 6) is 0.808. The Balaban J connectivity index is 1.17. The average molecular weight is 579 g/mol. The maximum Gasteiger partial charge on any atom is 0.338 e. The fourth-order valence-corrected chi connectivity index (χ4v) is 5.88. The van der Waals surface area contributed by atoms with Crippen LogP contribution in [0.4, 0.5) is 0 Å². The molecule has 0 radical (unpaired) electrons. The number of benzene rings is 3. The van der Waals surface area contributed by atoms with Crippen LogP contribution in [0.25, 0.3) is 33.4 Å². The largest absolute Gasteiger partial charge is 0.493 e. The Morgan fingerprint density at radius 2 is 1.60 bits per heavy atom. The van der Waals surface area contributed by atoms with Crippen LogP contribution in [-0.2, 0) is 4.74 Å². The summed E-state index contributed by atoms with van der Waals surface area (Å²) >= 11 is 0. The molecule has 0 atom stereocenters. The molecule has 5 rings (SSSR count). The highest BCUT2D eigenvalue weighted by Crippen LogP contribution is 2.42. The standard InChI is InChI=1S/C38H42O5/c1-2-41-38(40)32-20-14-13-19-31(32)37-33-23-21-29(39)26-35(33)43-36-27-30(22-24-34(36)37)42-25-15-9-7-5-3-4-6-8-10-16-28-17-11-12-18-28/h11-14,17,19-24,26-27H,2-10,15-16,18,25H2,1H3. The first-order valence-electron chi connectivity index (χ1n) is 15.9. The summed E-state index contributed by atoms with van der Waals surface area (Å²) in [4.78, 5) is 25.0. The van der Waals surface area contributed by atoms with E-state index >= 15 is 0 Å². The van der Waals surface area contributed by atoms with Crippen LogP contribution >= 0.6 is 0 Å². The Labute approximate surface area is 254 Å². The zero-order chi connectivity index (χ0) is 29.9. The van der Waals surface area contributed by atoms with Crippen molar-refractivity contribution in [2.75, 3.05) is 13.2 Å². The predicted octanol–water partition coefficient (Wildman–Crippen LogP) is 9.91. The van der Waals surface area contributed by atoms with Gasteiger partial charge in [0.15, 0.2) is 5.43 Å². The third-order valence-electron chi connectivity index (χ3n) is 8.12. The fourth-order valence-electron chi connectivity index (χ4n) is 5.88. The van der Waals surface area contributed by atoms with E-state index in [2.05, 4.69) is 18.2 Å². The van der Waals surface area contributed by atoms with E-state index in [1.54, 1.807) is 24.6 Å². The fraction of sp³-hybridized carbons (Fsp3) is 0.368. The molecule has 0 N–H and O–H groups in total. The SMILES string of the molecule is CCOC(=O)c1ccccc1-c1c2ccc(=O)cc-2oc2cc(OCCCCCCCCCCCC3=CC=CC3)ccc12. The van der Waals surface area contributed by atoms with E-state index in [0.717, 1.165) is 47.1 Å². The van der Waals surface area contributed by atoms with Crippen molar-refractivity contribution in [1.82, 2.24) is 0 Å². The van der Waals surface area contributed by atoms with Crippen molar-refractivity contribution in [3.8, 4) is 28.2 Å². The third kappa shape index (κ3) is 8.04.